The van der Waals surface area contributed by atoms with Gasteiger partial charge in [0.1, 0.15) is 0 Å². The first-order chi connectivity index (χ1) is 15.8. The molecule has 2 aromatic carbocycles. The molecular formula is C23H25N5O4S. The van der Waals surface area contributed by atoms with E-state index in [0.29, 0.717) is 27.8 Å². The molecule has 0 bridgehead atoms. The van der Waals surface area contributed by atoms with E-state index in [1.165, 1.54) is 18.9 Å². The first-order valence-corrected chi connectivity index (χ1v) is 11.1. The highest BCUT2D eigenvalue weighted by atomic mass is 32.2. The van der Waals surface area contributed by atoms with Crippen LogP contribution in [0.1, 0.15) is 45.1 Å². The lowest BCUT2D eigenvalue weighted by molar-refractivity contribution is -0.113. The van der Waals surface area contributed by atoms with Gasteiger partial charge in [0.05, 0.1) is 24.5 Å². The molecule has 0 radical (unpaired) electrons. The fourth-order valence-electron chi connectivity index (χ4n) is 3.05. The Hall–Kier alpha value is -3.66. The summed E-state index contributed by atoms with van der Waals surface area (Å²) in [5.74, 6) is -0.265. The molecule has 0 aliphatic heterocycles. The predicted molar refractivity (Wildman–Crippen MR) is 125 cm³/mol. The molecule has 1 heterocycles. The number of ether oxygens (including phenoxy) is 1. The van der Waals surface area contributed by atoms with Gasteiger partial charge >= 0.3 is 5.97 Å². The number of nitrogens with zero attached hydrogens (tertiary/aromatic N) is 3. The van der Waals surface area contributed by atoms with Crippen molar-refractivity contribution in [2.75, 3.05) is 18.2 Å². The van der Waals surface area contributed by atoms with Crippen LogP contribution in [0.3, 0.4) is 0 Å². The fraction of sp³-hybridized carbons (Fsp3) is 0.261. The molecule has 1 aromatic heterocycles. The topological polar surface area (TPSA) is 115 Å². The van der Waals surface area contributed by atoms with Gasteiger partial charge in [0.25, 0.3) is 5.91 Å². The van der Waals surface area contributed by atoms with Crippen LogP contribution in [0.5, 0.6) is 0 Å². The van der Waals surface area contributed by atoms with Gasteiger partial charge < -0.3 is 19.9 Å². The molecule has 3 rings (SSSR count). The van der Waals surface area contributed by atoms with E-state index in [1.54, 1.807) is 48.0 Å². The second-order valence-corrected chi connectivity index (χ2v) is 8.31. The zero-order valence-electron chi connectivity index (χ0n) is 18.8. The third-order valence-corrected chi connectivity index (χ3v) is 5.84. The van der Waals surface area contributed by atoms with E-state index in [1.807, 2.05) is 26.0 Å². The van der Waals surface area contributed by atoms with Gasteiger partial charge in [-0.05, 0) is 44.2 Å². The van der Waals surface area contributed by atoms with Crippen molar-refractivity contribution >= 4 is 35.2 Å². The van der Waals surface area contributed by atoms with E-state index in [9.17, 15) is 14.4 Å². The van der Waals surface area contributed by atoms with Crippen molar-refractivity contribution in [1.29, 1.82) is 0 Å². The molecule has 0 spiro atoms. The Morgan fingerprint density at radius 2 is 1.82 bits per heavy atom. The first kappa shape index (κ1) is 24.0. The molecule has 0 aliphatic rings. The van der Waals surface area contributed by atoms with Crippen LogP contribution >= 0.6 is 11.8 Å². The van der Waals surface area contributed by atoms with Crippen LogP contribution in [0.4, 0.5) is 5.69 Å². The molecule has 33 heavy (non-hydrogen) atoms. The van der Waals surface area contributed by atoms with Crippen LogP contribution in [0.2, 0.25) is 0 Å². The van der Waals surface area contributed by atoms with Crippen molar-refractivity contribution < 1.29 is 19.1 Å². The number of carbonyl (C=O) groups is 3. The Bertz CT molecular complexity index is 1160. The number of carbonyl (C=O) groups excluding carboxylic acids is 3. The number of methoxy groups -OCH3 is 1. The summed E-state index contributed by atoms with van der Waals surface area (Å²) in [5.41, 5.74) is 2.49. The molecule has 0 fully saturated rings. The van der Waals surface area contributed by atoms with Crippen molar-refractivity contribution in [3.05, 3.63) is 71.0 Å². The largest absolute Gasteiger partial charge is 0.465 e. The second-order valence-electron chi connectivity index (χ2n) is 7.37. The molecule has 9 nitrogen and oxygen atoms in total. The molecular weight excluding hydrogens is 442 g/mol. The van der Waals surface area contributed by atoms with E-state index < -0.39 is 5.97 Å². The molecule has 2 N–H and O–H groups in total. The van der Waals surface area contributed by atoms with Gasteiger partial charge in [-0.1, -0.05) is 35.5 Å². The number of benzene rings is 2. The van der Waals surface area contributed by atoms with Crippen LogP contribution in [0, 0.1) is 6.92 Å². The molecule has 2 amide bonds. The quantitative estimate of drug-likeness (QED) is 0.386. The van der Waals surface area contributed by atoms with Gasteiger partial charge in [0.15, 0.2) is 11.0 Å². The Morgan fingerprint density at radius 3 is 2.52 bits per heavy atom. The summed E-state index contributed by atoms with van der Waals surface area (Å²) in [6, 6.07) is 13.4. The van der Waals surface area contributed by atoms with E-state index in [2.05, 4.69) is 20.8 Å². The van der Waals surface area contributed by atoms with Gasteiger partial charge in [0.2, 0.25) is 5.91 Å². The number of aromatic nitrogens is 3. The number of hydrogen-bond acceptors (Lipinski definition) is 7. The number of thioether (sulfide) groups is 1. The van der Waals surface area contributed by atoms with Gasteiger partial charge in [-0.2, -0.15) is 0 Å². The normalized spacial score (nSPS) is 11.5. The van der Waals surface area contributed by atoms with Crippen molar-refractivity contribution in [2.24, 2.45) is 7.05 Å². The highest BCUT2D eigenvalue weighted by Gasteiger charge is 2.19. The lowest BCUT2D eigenvalue weighted by atomic mass is 10.1. The number of amides is 2. The number of aryl methyl sites for hydroxylation is 1. The smallest absolute Gasteiger partial charge is 0.337 e. The lowest BCUT2D eigenvalue weighted by Crippen LogP contribution is -2.28. The maximum atomic E-state index is 12.5. The SMILES string of the molecule is COC(=O)c1cccc(NC(=O)CSc2nnc([C@@H](C)NC(=O)c3ccc(C)cc3)n2C)c1. The van der Waals surface area contributed by atoms with E-state index in [4.69, 9.17) is 4.74 Å². The zero-order valence-corrected chi connectivity index (χ0v) is 19.6. The fourth-order valence-corrected chi connectivity index (χ4v) is 3.77. The maximum Gasteiger partial charge on any atom is 0.337 e. The highest BCUT2D eigenvalue weighted by molar-refractivity contribution is 7.99. The molecule has 0 aliphatic carbocycles. The number of hydrogen-bond donors (Lipinski definition) is 2. The Morgan fingerprint density at radius 1 is 1.09 bits per heavy atom. The van der Waals surface area contributed by atoms with Crippen molar-refractivity contribution in [3.63, 3.8) is 0 Å². The van der Waals surface area contributed by atoms with Crippen LogP contribution in [0.15, 0.2) is 53.7 Å². The summed E-state index contributed by atoms with van der Waals surface area (Å²) in [7, 11) is 3.08. The standard InChI is InChI=1S/C23H25N5O4S/c1-14-8-10-16(11-9-14)21(30)24-15(2)20-26-27-23(28(20)3)33-13-19(29)25-18-7-5-6-17(12-18)22(31)32-4/h5-12,15H,13H2,1-4H3,(H,24,30)(H,25,29)/t15-/m1/s1. The highest BCUT2D eigenvalue weighted by Crippen LogP contribution is 2.20. The second kappa shape index (κ2) is 10.8. The van der Waals surface area contributed by atoms with Crippen LogP contribution in [-0.4, -0.2) is 45.4 Å². The maximum absolute atomic E-state index is 12.5. The molecule has 0 saturated heterocycles. The lowest BCUT2D eigenvalue weighted by Gasteiger charge is -2.13. The third kappa shape index (κ3) is 6.19. The summed E-state index contributed by atoms with van der Waals surface area (Å²) in [4.78, 5) is 36.5. The Labute approximate surface area is 195 Å². The van der Waals surface area contributed by atoms with Crippen molar-refractivity contribution in [2.45, 2.75) is 25.0 Å². The molecule has 172 valence electrons. The summed E-state index contributed by atoms with van der Waals surface area (Å²) in [6.45, 7) is 3.79. The number of esters is 1. The molecule has 1 atom stereocenters. The summed E-state index contributed by atoms with van der Waals surface area (Å²) in [6.07, 6.45) is 0. The van der Waals surface area contributed by atoms with Gasteiger partial charge in [0, 0.05) is 18.3 Å². The molecule has 10 heteroatoms. The monoisotopic (exact) mass is 467 g/mol. The van der Waals surface area contributed by atoms with Crippen molar-refractivity contribution in [3.8, 4) is 0 Å². The van der Waals surface area contributed by atoms with Gasteiger partial charge in [-0.25, -0.2) is 4.79 Å². The predicted octanol–water partition coefficient (Wildman–Crippen LogP) is 3.13. The van der Waals surface area contributed by atoms with Crippen LogP contribution in [0.25, 0.3) is 0 Å². The number of rotatable bonds is 8. The minimum Gasteiger partial charge on any atom is -0.465 e. The van der Waals surface area contributed by atoms with E-state index in [0.717, 1.165) is 5.56 Å². The van der Waals surface area contributed by atoms with Crippen molar-refractivity contribution in [1.82, 2.24) is 20.1 Å². The summed E-state index contributed by atoms with van der Waals surface area (Å²) >= 11 is 1.22. The zero-order chi connectivity index (χ0) is 24.0. The molecule has 3 aromatic rings. The van der Waals surface area contributed by atoms with Gasteiger partial charge in [-0.3, -0.25) is 9.59 Å². The molecule has 0 saturated carbocycles. The summed E-state index contributed by atoms with van der Waals surface area (Å²) < 4.78 is 6.44. The average molecular weight is 468 g/mol. The van der Waals surface area contributed by atoms with Gasteiger partial charge in [-0.15, -0.1) is 10.2 Å². The number of nitrogens with one attached hydrogen (secondary N) is 2. The van der Waals surface area contributed by atoms with Crippen LogP contribution < -0.4 is 10.6 Å². The molecule has 0 unspecified atom stereocenters. The van der Waals surface area contributed by atoms with E-state index in [-0.39, 0.29) is 23.6 Å². The van der Waals surface area contributed by atoms with Crippen LogP contribution in [-0.2, 0) is 16.6 Å². The first-order valence-electron chi connectivity index (χ1n) is 10.2. The summed E-state index contributed by atoms with van der Waals surface area (Å²) in [5, 5.41) is 14.5. The minimum absolute atomic E-state index is 0.0958. The Balaban J connectivity index is 1.57. The number of anilines is 1. The Kier molecular flexibility index (Phi) is 7.83. The van der Waals surface area contributed by atoms with E-state index >= 15 is 0 Å². The minimum atomic E-state index is -0.476. The average Bonchev–Trinajstić information content (AvgIpc) is 3.18. The third-order valence-electron chi connectivity index (χ3n) is 4.82.